The maximum atomic E-state index is 12.4. The molecular formula is C12H16Cl2N2O3S. The maximum Gasteiger partial charge on any atom is 0.302 e. The molecule has 0 bridgehead atoms. The number of hydrogen-bond acceptors (Lipinski definition) is 3. The third kappa shape index (κ3) is 3.38. The van der Waals surface area contributed by atoms with Gasteiger partial charge in [0.2, 0.25) is 0 Å². The predicted molar refractivity (Wildman–Crippen MR) is 80.4 cm³/mol. The van der Waals surface area contributed by atoms with E-state index in [1.807, 2.05) is 0 Å². The molecule has 1 aliphatic heterocycles. The van der Waals surface area contributed by atoms with E-state index in [9.17, 15) is 13.5 Å². The number of aliphatic hydroxyl groups is 1. The molecule has 1 aromatic rings. The number of para-hydroxylation sites is 1. The van der Waals surface area contributed by atoms with Crippen molar-refractivity contribution in [1.82, 2.24) is 4.31 Å². The van der Waals surface area contributed by atoms with E-state index in [0.717, 1.165) is 12.8 Å². The fourth-order valence-corrected chi connectivity index (χ4v) is 4.39. The van der Waals surface area contributed by atoms with Crippen LogP contribution in [-0.2, 0) is 10.2 Å². The first kappa shape index (κ1) is 15.9. The lowest BCUT2D eigenvalue weighted by Crippen LogP contribution is -2.48. The summed E-state index contributed by atoms with van der Waals surface area (Å²) in [7, 11) is -3.79. The Balaban J connectivity index is 2.26. The van der Waals surface area contributed by atoms with Gasteiger partial charge in [0.05, 0.1) is 22.3 Å². The van der Waals surface area contributed by atoms with Crippen LogP contribution in [0.3, 0.4) is 0 Å². The van der Waals surface area contributed by atoms with Gasteiger partial charge in [-0.1, -0.05) is 35.7 Å². The van der Waals surface area contributed by atoms with E-state index < -0.39 is 16.3 Å². The van der Waals surface area contributed by atoms with Gasteiger partial charge in [0, 0.05) is 12.6 Å². The lowest BCUT2D eigenvalue weighted by Gasteiger charge is -2.33. The number of nitrogens with one attached hydrogen (secondary N) is 1. The molecule has 0 spiro atoms. The largest absolute Gasteiger partial charge is 0.395 e. The Hall–Kier alpha value is -0.530. The minimum absolute atomic E-state index is 0.165. The van der Waals surface area contributed by atoms with Gasteiger partial charge >= 0.3 is 10.2 Å². The SMILES string of the molecule is O=S(=O)(Nc1c(Cl)cccc1Cl)N1CCCCC1CO. The molecule has 2 rings (SSSR count). The molecule has 8 heteroatoms. The number of benzene rings is 1. The number of anilines is 1. The molecule has 112 valence electrons. The zero-order valence-electron chi connectivity index (χ0n) is 10.7. The molecule has 20 heavy (non-hydrogen) atoms. The average Bonchev–Trinajstić information content (AvgIpc) is 2.43. The van der Waals surface area contributed by atoms with Gasteiger partial charge in [-0.25, -0.2) is 0 Å². The Morgan fingerprint density at radius 3 is 2.55 bits per heavy atom. The van der Waals surface area contributed by atoms with Crippen LogP contribution in [0.15, 0.2) is 18.2 Å². The number of aliphatic hydroxyl groups excluding tert-OH is 1. The van der Waals surface area contributed by atoms with Gasteiger partial charge in [0.1, 0.15) is 0 Å². The summed E-state index contributed by atoms with van der Waals surface area (Å²) < 4.78 is 28.5. The molecule has 1 heterocycles. The number of nitrogens with zero attached hydrogens (tertiary/aromatic N) is 1. The molecule has 2 N–H and O–H groups in total. The Kier molecular flexibility index (Phi) is 5.14. The van der Waals surface area contributed by atoms with E-state index in [1.165, 1.54) is 4.31 Å². The second kappa shape index (κ2) is 6.49. The Bertz CT molecular complexity index is 560. The molecular weight excluding hydrogens is 323 g/mol. The monoisotopic (exact) mass is 338 g/mol. The standard InChI is InChI=1S/C12H16Cl2N2O3S/c13-10-5-3-6-11(14)12(10)15-20(18,19)16-7-2-1-4-9(16)8-17/h3,5-6,9,15,17H,1-2,4,7-8H2. The molecule has 5 nitrogen and oxygen atoms in total. The van der Waals surface area contributed by atoms with Crippen LogP contribution in [0, 0.1) is 0 Å². The van der Waals surface area contributed by atoms with E-state index in [0.29, 0.717) is 13.0 Å². The summed E-state index contributed by atoms with van der Waals surface area (Å²) in [6.07, 6.45) is 2.32. The van der Waals surface area contributed by atoms with Gasteiger partial charge in [-0.2, -0.15) is 12.7 Å². The second-order valence-electron chi connectivity index (χ2n) is 4.65. The van der Waals surface area contributed by atoms with Crippen LogP contribution in [0.1, 0.15) is 19.3 Å². The van der Waals surface area contributed by atoms with Crippen molar-refractivity contribution in [3.05, 3.63) is 28.2 Å². The normalized spacial score (nSPS) is 20.9. The highest BCUT2D eigenvalue weighted by Gasteiger charge is 2.32. The summed E-state index contributed by atoms with van der Waals surface area (Å²) in [6.45, 7) is 0.180. The predicted octanol–water partition coefficient (Wildman–Crippen LogP) is 2.50. The number of hydrogen-bond donors (Lipinski definition) is 2. The van der Waals surface area contributed by atoms with Crippen molar-refractivity contribution in [2.75, 3.05) is 17.9 Å². The third-order valence-corrected chi connectivity index (χ3v) is 5.48. The van der Waals surface area contributed by atoms with Gasteiger partial charge in [-0.3, -0.25) is 4.72 Å². The van der Waals surface area contributed by atoms with E-state index in [2.05, 4.69) is 4.72 Å². The Morgan fingerprint density at radius 1 is 1.30 bits per heavy atom. The van der Waals surface area contributed by atoms with Crippen molar-refractivity contribution in [2.24, 2.45) is 0 Å². The highest BCUT2D eigenvalue weighted by molar-refractivity contribution is 7.90. The van der Waals surface area contributed by atoms with Gasteiger partial charge in [0.25, 0.3) is 0 Å². The summed E-state index contributed by atoms with van der Waals surface area (Å²) in [5, 5.41) is 9.78. The molecule has 1 aliphatic rings. The zero-order chi connectivity index (χ0) is 14.8. The van der Waals surface area contributed by atoms with Gasteiger partial charge in [0.15, 0.2) is 0 Å². The molecule has 1 fully saturated rings. The van der Waals surface area contributed by atoms with Crippen LogP contribution in [-0.4, -0.2) is 37.0 Å². The number of halogens is 2. The minimum atomic E-state index is -3.79. The van der Waals surface area contributed by atoms with E-state index in [1.54, 1.807) is 18.2 Å². The summed E-state index contributed by atoms with van der Waals surface area (Å²) in [6, 6.07) is 4.36. The van der Waals surface area contributed by atoms with Crippen LogP contribution in [0.2, 0.25) is 10.0 Å². The first-order chi connectivity index (χ1) is 9.45. The molecule has 0 amide bonds. The summed E-state index contributed by atoms with van der Waals surface area (Å²) in [4.78, 5) is 0. The topological polar surface area (TPSA) is 69.6 Å². The first-order valence-electron chi connectivity index (χ1n) is 6.30. The molecule has 1 aromatic carbocycles. The van der Waals surface area contributed by atoms with Crippen molar-refractivity contribution >= 4 is 39.1 Å². The van der Waals surface area contributed by atoms with E-state index in [4.69, 9.17) is 23.2 Å². The van der Waals surface area contributed by atoms with Crippen molar-refractivity contribution in [2.45, 2.75) is 25.3 Å². The van der Waals surface area contributed by atoms with E-state index >= 15 is 0 Å². The summed E-state index contributed by atoms with van der Waals surface area (Å²) >= 11 is 11.9. The molecule has 1 saturated heterocycles. The molecule has 1 atom stereocenters. The molecule has 1 unspecified atom stereocenters. The van der Waals surface area contributed by atoms with Crippen molar-refractivity contribution < 1.29 is 13.5 Å². The van der Waals surface area contributed by atoms with Gasteiger partial charge < -0.3 is 5.11 Å². The number of rotatable bonds is 4. The average molecular weight is 339 g/mol. The minimum Gasteiger partial charge on any atom is -0.395 e. The zero-order valence-corrected chi connectivity index (χ0v) is 13.0. The van der Waals surface area contributed by atoms with Gasteiger partial charge in [-0.15, -0.1) is 0 Å². The van der Waals surface area contributed by atoms with Crippen LogP contribution in [0.25, 0.3) is 0 Å². The van der Waals surface area contributed by atoms with Crippen molar-refractivity contribution in [3.8, 4) is 0 Å². The lowest BCUT2D eigenvalue weighted by molar-refractivity contribution is 0.156. The quantitative estimate of drug-likeness (QED) is 0.886. The second-order valence-corrected chi connectivity index (χ2v) is 7.08. The van der Waals surface area contributed by atoms with Crippen LogP contribution in [0.5, 0.6) is 0 Å². The first-order valence-corrected chi connectivity index (χ1v) is 8.50. The fourth-order valence-electron chi connectivity index (χ4n) is 2.26. The molecule has 0 saturated carbocycles. The Labute approximate surface area is 128 Å². The molecule has 0 radical (unpaired) electrons. The summed E-state index contributed by atoms with van der Waals surface area (Å²) in [5.41, 5.74) is 0.165. The van der Waals surface area contributed by atoms with Crippen LogP contribution >= 0.6 is 23.2 Å². The van der Waals surface area contributed by atoms with Crippen LogP contribution < -0.4 is 4.72 Å². The fraction of sp³-hybridized carbons (Fsp3) is 0.500. The third-order valence-electron chi connectivity index (χ3n) is 3.29. The smallest absolute Gasteiger partial charge is 0.302 e. The van der Waals surface area contributed by atoms with Crippen LogP contribution in [0.4, 0.5) is 5.69 Å². The number of piperidine rings is 1. The molecule has 0 aromatic heterocycles. The van der Waals surface area contributed by atoms with Crippen molar-refractivity contribution in [3.63, 3.8) is 0 Å². The lowest BCUT2D eigenvalue weighted by atomic mass is 10.1. The highest BCUT2D eigenvalue weighted by atomic mass is 35.5. The summed E-state index contributed by atoms with van der Waals surface area (Å²) in [5.74, 6) is 0. The molecule has 0 aliphatic carbocycles. The van der Waals surface area contributed by atoms with E-state index in [-0.39, 0.29) is 22.3 Å². The van der Waals surface area contributed by atoms with Gasteiger partial charge in [-0.05, 0) is 25.0 Å². The Morgan fingerprint density at radius 2 is 1.95 bits per heavy atom. The van der Waals surface area contributed by atoms with Crippen molar-refractivity contribution in [1.29, 1.82) is 0 Å². The maximum absolute atomic E-state index is 12.4. The highest BCUT2D eigenvalue weighted by Crippen LogP contribution is 2.32.